The summed E-state index contributed by atoms with van der Waals surface area (Å²) in [6.07, 6.45) is 11.2. The molecular weight excluding hydrogens is 839 g/mol. The predicted molar refractivity (Wildman–Crippen MR) is 231 cm³/mol. The minimum absolute atomic E-state index is 0.0871. The van der Waals surface area contributed by atoms with Gasteiger partial charge in [-0.2, -0.15) is 0 Å². The molecule has 0 atom stereocenters. The minimum Gasteiger partial charge on any atom is -0.494 e. The van der Waals surface area contributed by atoms with Gasteiger partial charge in [-0.25, -0.2) is 19.2 Å². The largest absolute Gasteiger partial charge is 0.494 e. The van der Waals surface area contributed by atoms with Gasteiger partial charge < -0.3 is 28.4 Å². The number of rotatable bonds is 22. The van der Waals surface area contributed by atoms with Crippen LogP contribution in [0.15, 0.2) is 119 Å². The van der Waals surface area contributed by atoms with Gasteiger partial charge in [-0.3, -0.25) is 9.59 Å². The quantitative estimate of drug-likeness (QED) is 0.0319. The second kappa shape index (κ2) is 23.7. The van der Waals surface area contributed by atoms with Gasteiger partial charge in [0, 0.05) is 0 Å². The Morgan fingerprint density at radius 3 is 0.968 bits per heavy atom. The molecule has 0 fully saturated rings. The van der Waals surface area contributed by atoms with Crippen LogP contribution in [0.4, 0.5) is 0 Å². The number of Topliss-reactive ketones (excluding diaryl/α,β-unsaturated/α-hetero) is 2. The van der Waals surface area contributed by atoms with E-state index in [9.17, 15) is 28.8 Å². The number of ether oxygens (including phenoxy) is 6. The first kappa shape index (κ1) is 46.8. The van der Waals surface area contributed by atoms with Gasteiger partial charge in [-0.05, 0) is 110 Å². The predicted octanol–water partition coefficient (Wildman–Crippen LogP) is 10.9. The maximum Gasteiger partial charge on any atom is 0.343 e. The lowest BCUT2D eigenvalue weighted by Gasteiger charge is -2.17. The molecule has 0 radical (unpaired) electrons. The van der Waals surface area contributed by atoms with E-state index in [2.05, 4.69) is 13.8 Å². The molecule has 0 saturated heterocycles. The SMILES string of the molecule is CCCCCCCOc1ccc(C(=O)Oc2ccc(C(=O)OC3=C(Cl)C(=O)C(OC(=O)c4ccc(OC(=O)c5ccc(OCCCCCCC)cc5)cc4)=C(Cl)C3=O)cc2)cc1. The summed E-state index contributed by atoms with van der Waals surface area (Å²) in [7, 11) is 0. The van der Waals surface area contributed by atoms with Gasteiger partial charge >= 0.3 is 23.9 Å². The standard InChI is InChI=1S/C48H46Cl2O12/c1-3-5-7-9-11-29-57-35-21-13-31(14-22-35)45(53)59-37-25-17-33(18-26-37)47(55)61-43-39(49)42(52)44(40(50)41(43)51)62-48(56)34-19-27-38(28-20-34)60-46(54)32-15-23-36(24-16-32)58-30-12-10-8-6-4-2/h13-28H,3-12,29-30H2,1-2H3. The molecule has 4 aromatic carbocycles. The molecule has 1 aliphatic carbocycles. The smallest absolute Gasteiger partial charge is 0.343 e. The topological polar surface area (TPSA) is 158 Å². The first-order valence-electron chi connectivity index (χ1n) is 20.4. The highest BCUT2D eigenvalue weighted by molar-refractivity contribution is 6.55. The summed E-state index contributed by atoms with van der Waals surface area (Å²) in [6.45, 7) is 5.49. The number of halogens is 2. The third kappa shape index (κ3) is 13.4. The molecule has 1 aliphatic rings. The van der Waals surface area contributed by atoms with Gasteiger partial charge in [0.15, 0.2) is 0 Å². The number of esters is 4. The van der Waals surface area contributed by atoms with E-state index in [4.69, 9.17) is 51.6 Å². The summed E-state index contributed by atoms with van der Waals surface area (Å²) >= 11 is 12.3. The van der Waals surface area contributed by atoms with E-state index < -0.39 is 57.0 Å². The molecule has 0 unspecified atom stereocenters. The van der Waals surface area contributed by atoms with E-state index in [1.165, 1.54) is 87.1 Å². The van der Waals surface area contributed by atoms with Crippen LogP contribution in [0.25, 0.3) is 0 Å². The number of carbonyl (C=O) groups is 6. The van der Waals surface area contributed by atoms with Crippen molar-refractivity contribution in [3.8, 4) is 23.0 Å². The van der Waals surface area contributed by atoms with E-state index in [1.54, 1.807) is 48.5 Å². The molecule has 12 nitrogen and oxygen atoms in total. The van der Waals surface area contributed by atoms with Gasteiger partial charge in [-0.15, -0.1) is 0 Å². The Morgan fingerprint density at radius 1 is 0.387 bits per heavy atom. The molecule has 0 aromatic heterocycles. The van der Waals surface area contributed by atoms with Crippen LogP contribution >= 0.6 is 23.2 Å². The van der Waals surface area contributed by atoms with Gasteiger partial charge in [0.1, 0.15) is 33.1 Å². The fourth-order valence-electron chi connectivity index (χ4n) is 5.91. The summed E-state index contributed by atoms with van der Waals surface area (Å²) in [5.74, 6) is -6.08. The molecule has 14 heteroatoms. The number of carbonyl (C=O) groups excluding carboxylic acids is 6. The second-order valence-electron chi connectivity index (χ2n) is 14.1. The molecule has 0 spiro atoms. The molecule has 4 aromatic rings. The zero-order valence-electron chi connectivity index (χ0n) is 34.4. The van der Waals surface area contributed by atoms with Gasteiger partial charge in [0.2, 0.25) is 23.1 Å². The first-order valence-corrected chi connectivity index (χ1v) is 21.2. The summed E-state index contributed by atoms with van der Waals surface area (Å²) in [5, 5.41) is -1.71. The first-order chi connectivity index (χ1) is 30.0. The van der Waals surface area contributed by atoms with E-state index in [-0.39, 0.29) is 33.8 Å². The van der Waals surface area contributed by atoms with Gasteiger partial charge in [0.25, 0.3) is 0 Å². The van der Waals surface area contributed by atoms with Crippen LogP contribution in [0.3, 0.4) is 0 Å². The van der Waals surface area contributed by atoms with Crippen molar-refractivity contribution in [1.29, 1.82) is 0 Å². The number of allylic oxidation sites excluding steroid dienone is 2. The minimum atomic E-state index is -1.19. The monoisotopic (exact) mass is 884 g/mol. The lowest BCUT2D eigenvalue weighted by atomic mass is 10.1. The molecular formula is C48H46Cl2O12. The van der Waals surface area contributed by atoms with Crippen molar-refractivity contribution in [1.82, 2.24) is 0 Å². The highest BCUT2D eigenvalue weighted by Gasteiger charge is 2.38. The van der Waals surface area contributed by atoms with Crippen molar-refractivity contribution in [2.75, 3.05) is 13.2 Å². The highest BCUT2D eigenvalue weighted by atomic mass is 35.5. The third-order valence-corrected chi connectivity index (χ3v) is 10.1. The lowest BCUT2D eigenvalue weighted by Crippen LogP contribution is -2.26. The number of hydrogen-bond acceptors (Lipinski definition) is 12. The molecule has 5 rings (SSSR count). The van der Waals surface area contributed by atoms with E-state index in [0.29, 0.717) is 24.7 Å². The van der Waals surface area contributed by atoms with Crippen LogP contribution in [0.1, 0.15) is 119 Å². The van der Waals surface area contributed by atoms with Crippen LogP contribution in [0, 0.1) is 0 Å². The van der Waals surface area contributed by atoms with Gasteiger partial charge in [0.05, 0.1) is 35.5 Å². The van der Waals surface area contributed by atoms with Crippen molar-refractivity contribution >= 4 is 58.6 Å². The molecule has 0 bridgehead atoms. The zero-order valence-corrected chi connectivity index (χ0v) is 35.9. The molecule has 0 heterocycles. The molecule has 0 N–H and O–H groups in total. The Hall–Kier alpha value is -6.24. The number of hydrogen-bond donors (Lipinski definition) is 0. The average Bonchev–Trinajstić information content (AvgIpc) is 3.29. The van der Waals surface area contributed by atoms with Gasteiger partial charge in [-0.1, -0.05) is 88.4 Å². The Balaban J connectivity index is 1.10. The normalized spacial score (nSPS) is 12.5. The second-order valence-corrected chi connectivity index (χ2v) is 14.9. The molecule has 0 saturated carbocycles. The van der Waals surface area contributed by atoms with E-state index in [0.717, 1.165) is 25.7 Å². The fourth-order valence-corrected chi connectivity index (χ4v) is 6.33. The maximum absolute atomic E-state index is 13.1. The number of benzene rings is 4. The molecule has 62 heavy (non-hydrogen) atoms. The Bertz CT molecular complexity index is 2120. The number of ketones is 2. The summed E-state index contributed by atoms with van der Waals surface area (Å²) in [6, 6.07) is 23.5. The molecule has 0 aliphatic heterocycles. The van der Waals surface area contributed by atoms with Crippen molar-refractivity contribution in [3.63, 3.8) is 0 Å². The maximum atomic E-state index is 13.1. The van der Waals surface area contributed by atoms with Crippen molar-refractivity contribution in [3.05, 3.63) is 141 Å². The molecule has 0 amide bonds. The van der Waals surface area contributed by atoms with Crippen LogP contribution in [-0.4, -0.2) is 48.7 Å². The number of unbranched alkanes of at least 4 members (excludes halogenated alkanes) is 8. The van der Waals surface area contributed by atoms with Crippen LogP contribution in [0.2, 0.25) is 0 Å². The summed E-state index contributed by atoms with van der Waals surface area (Å²) < 4.78 is 32.6. The Kier molecular flexibility index (Phi) is 17.9. The fraction of sp³-hybridized carbons (Fsp3) is 0.292. The van der Waals surface area contributed by atoms with E-state index >= 15 is 0 Å². The molecule has 324 valence electrons. The van der Waals surface area contributed by atoms with Crippen molar-refractivity contribution in [2.45, 2.75) is 78.1 Å². The highest BCUT2D eigenvalue weighted by Crippen LogP contribution is 2.32. The summed E-state index contributed by atoms with van der Waals surface area (Å²) in [4.78, 5) is 77.6. The Labute approximate surface area is 369 Å². The average molecular weight is 886 g/mol. The van der Waals surface area contributed by atoms with Crippen LogP contribution in [-0.2, 0) is 19.1 Å². The van der Waals surface area contributed by atoms with Crippen molar-refractivity contribution < 1.29 is 57.2 Å². The van der Waals surface area contributed by atoms with Crippen LogP contribution in [0.5, 0.6) is 23.0 Å². The lowest BCUT2D eigenvalue weighted by molar-refractivity contribution is -0.119. The van der Waals surface area contributed by atoms with Crippen molar-refractivity contribution in [2.24, 2.45) is 0 Å². The zero-order chi connectivity index (χ0) is 44.4. The summed E-state index contributed by atoms with van der Waals surface area (Å²) in [5.41, 5.74) is 0.389. The van der Waals surface area contributed by atoms with E-state index in [1.807, 2.05) is 0 Å². The third-order valence-electron chi connectivity index (χ3n) is 9.41. The Morgan fingerprint density at radius 2 is 0.661 bits per heavy atom. The van der Waals surface area contributed by atoms with Crippen LogP contribution < -0.4 is 18.9 Å².